The smallest absolute Gasteiger partial charge is 0.238 e. The summed E-state index contributed by atoms with van der Waals surface area (Å²) in [5.41, 5.74) is 0.744. The molecule has 0 spiro atoms. The van der Waals surface area contributed by atoms with Crippen molar-refractivity contribution in [2.45, 2.75) is 49.7 Å². The highest BCUT2D eigenvalue weighted by Gasteiger charge is 2.30. The Bertz CT molecular complexity index is 833. The zero-order valence-corrected chi connectivity index (χ0v) is 14.7. The van der Waals surface area contributed by atoms with Crippen LogP contribution in [0, 0.1) is 0 Å². The lowest BCUT2D eigenvalue weighted by Gasteiger charge is -2.17. The molecule has 1 amide bonds. The number of amides is 1. The van der Waals surface area contributed by atoms with E-state index >= 15 is 0 Å². The van der Waals surface area contributed by atoms with Crippen LogP contribution in [0.3, 0.4) is 0 Å². The minimum Gasteiger partial charge on any atom is -0.352 e. The Labute approximate surface area is 143 Å². The first kappa shape index (κ1) is 17.0. The van der Waals surface area contributed by atoms with Gasteiger partial charge in [-0.25, -0.2) is 8.42 Å². The van der Waals surface area contributed by atoms with E-state index in [1.54, 1.807) is 0 Å². The third-order valence-electron chi connectivity index (χ3n) is 4.85. The maximum Gasteiger partial charge on any atom is 0.238 e. The lowest BCUT2D eigenvalue weighted by atomic mass is 10.1. The fourth-order valence-corrected chi connectivity index (χ4v) is 4.64. The summed E-state index contributed by atoms with van der Waals surface area (Å²) in [6.07, 6.45) is 4.09. The molecule has 0 heterocycles. The minimum atomic E-state index is -3.56. The van der Waals surface area contributed by atoms with Crippen LogP contribution in [0.1, 0.15) is 38.2 Å². The molecular formula is C19H23NO3S. The molecule has 0 aliphatic heterocycles. The average Bonchev–Trinajstić information content (AvgIpc) is 3.07. The van der Waals surface area contributed by atoms with E-state index in [9.17, 15) is 13.2 Å². The number of carbonyl (C=O) groups is 1. The van der Waals surface area contributed by atoms with E-state index in [2.05, 4.69) is 5.32 Å². The van der Waals surface area contributed by atoms with E-state index in [4.69, 9.17) is 0 Å². The topological polar surface area (TPSA) is 63.2 Å². The molecule has 2 aromatic carbocycles. The monoisotopic (exact) mass is 345 g/mol. The van der Waals surface area contributed by atoms with Crippen molar-refractivity contribution >= 4 is 26.5 Å². The van der Waals surface area contributed by atoms with Crippen LogP contribution in [-0.2, 0) is 20.4 Å². The number of sulfone groups is 1. The van der Waals surface area contributed by atoms with Gasteiger partial charge in [0.2, 0.25) is 5.91 Å². The Hall–Kier alpha value is -1.88. The zero-order chi connectivity index (χ0) is 17.2. The first-order valence-corrected chi connectivity index (χ1v) is 10.2. The number of hydrogen-bond acceptors (Lipinski definition) is 3. The van der Waals surface area contributed by atoms with Gasteiger partial charge < -0.3 is 5.32 Å². The molecule has 2 aromatic rings. The fourth-order valence-electron chi connectivity index (χ4n) is 3.31. The molecule has 4 nitrogen and oxygen atoms in total. The first-order chi connectivity index (χ1) is 11.5. The quantitative estimate of drug-likeness (QED) is 0.905. The van der Waals surface area contributed by atoms with E-state index in [1.807, 2.05) is 42.5 Å². The van der Waals surface area contributed by atoms with Crippen LogP contribution < -0.4 is 5.32 Å². The van der Waals surface area contributed by atoms with Gasteiger partial charge in [-0.1, -0.05) is 55.3 Å². The average molecular weight is 345 g/mol. The number of rotatable bonds is 5. The molecule has 1 saturated carbocycles. The molecule has 0 saturated heterocycles. The molecule has 3 rings (SSSR count). The standard InChI is InChI=1S/C19H23NO3S/c1-14(19(21)20-17-10-3-4-11-17)24(22,23)13-16-9-6-8-15-7-2-5-12-18(15)16/h2,5-9,12,14,17H,3-4,10-11,13H2,1H3,(H,20,21)/t14-/m1/s1. The molecule has 1 fully saturated rings. The number of fused-ring (bicyclic) bond motifs is 1. The Kier molecular flexibility index (Phi) is 4.90. The molecule has 24 heavy (non-hydrogen) atoms. The van der Waals surface area contributed by atoms with Gasteiger partial charge in [-0.15, -0.1) is 0 Å². The predicted octanol–water partition coefficient (Wildman–Crippen LogP) is 3.20. The highest BCUT2D eigenvalue weighted by Crippen LogP contribution is 2.23. The van der Waals surface area contributed by atoms with Gasteiger partial charge in [0, 0.05) is 6.04 Å². The van der Waals surface area contributed by atoms with Gasteiger partial charge in [-0.3, -0.25) is 4.79 Å². The van der Waals surface area contributed by atoms with Crippen molar-refractivity contribution in [1.82, 2.24) is 5.32 Å². The normalized spacial score (nSPS) is 17.0. The second-order valence-electron chi connectivity index (χ2n) is 6.58. The SMILES string of the molecule is C[C@H](C(=O)NC1CCCC1)S(=O)(=O)Cc1cccc2ccccc12. The van der Waals surface area contributed by atoms with E-state index in [0.29, 0.717) is 0 Å². The van der Waals surface area contributed by atoms with Crippen LogP contribution in [0.2, 0.25) is 0 Å². The second-order valence-corrected chi connectivity index (χ2v) is 8.90. The van der Waals surface area contributed by atoms with Crippen molar-refractivity contribution in [3.63, 3.8) is 0 Å². The van der Waals surface area contributed by atoms with Crippen molar-refractivity contribution in [3.05, 3.63) is 48.0 Å². The lowest BCUT2D eigenvalue weighted by Crippen LogP contribution is -2.42. The van der Waals surface area contributed by atoms with Crippen molar-refractivity contribution in [2.24, 2.45) is 0 Å². The molecule has 1 aliphatic carbocycles. The second kappa shape index (κ2) is 6.93. The number of carbonyl (C=O) groups excluding carboxylic acids is 1. The van der Waals surface area contributed by atoms with Crippen molar-refractivity contribution < 1.29 is 13.2 Å². The van der Waals surface area contributed by atoms with Crippen LogP contribution in [0.4, 0.5) is 0 Å². The van der Waals surface area contributed by atoms with E-state index in [-0.39, 0.29) is 17.7 Å². The zero-order valence-electron chi connectivity index (χ0n) is 13.9. The Balaban J connectivity index is 1.78. The summed E-state index contributed by atoms with van der Waals surface area (Å²) < 4.78 is 25.4. The molecular weight excluding hydrogens is 322 g/mol. The van der Waals surface area contributed by atoms with Gasteiger partial charge in [0.05, 0.1) is 5.75 Å². The first-order valence-electron chi connectivity index (χ1n) is 8.46. The van der Waals surface area contributed by atoms with Crippen molar-refractivity contribution in [3.8, 4) is 0 Å². The predicted molar refractivity (Wildman–Crippen MR) is 96.4 cm³/mol. The van der Waals surface area contributed by atoms with Gasteiger partial charge in [0.25, 0.3) is 0 Å². The lowest BCUT2D eigenvalue weighted by molar-refractivity contribution is -0.121. The third kappa shape index (κ3) is 3.61. The van der Waals surface area contributed by atoms with Gasteiger partial charge in [0.1, 0.15) is 5.25 Å². The van der Waals surface area contributed by atoms with Crippen LogP contribution in [0.5, 0.6) is 0 Å². The summed E-state index contributed by atoms with van der Waals surface area (Å²) >= 11 is 0. The summed E-state index contributed by atoms with van der Waals surface area (Å²) in [6, 6.07) is 13.5. The summed E-state index contributed by atoms with van der Waals surface area (Å²) in [6.45, 7) is 1.49. The van der Waals surface area contributed by atoms with E-state index in [1.165, 1.54) is 6.92 Å². The Morgan fingerprint density at radius 2 is 1.79 bits per heavy atom. The van der Waals surface area contributed by atoms with Crippen molar-refractivity contribution in [2.75, 3.05) is 0 Å². The maximum atomic E-state index is 12.7. The molecule has 1 atom stereocenters. The Morgan fingerprint density at radius 1 is 1.12 bits per heavy atom. The summed E-state index contributed by atoms with van der Waals surface area (Å²) in [7, 11) is -3.56. The minimum absolute atomic E-state index is 0.117. The van der Waals surface area contributed by atoms with Gasteiger partial charge in [0.15, 0.2) is 9.84 Å². The molecule has 0 aromatic heterocycles. The van der Waals surface area contributed by atoms with Crippen LogP contribution >= 0.6 is 0 Å². The molecule has 0 radical (unpaired) electrons. The largest absolute Gasteiger partial charge is 0.352 e. The van der Waals surface area contributed by atoms with Gasteiger partial charge in [-0.2, -0.15) is 0 Å². The molecule has 1 aliphatic rings. The van der Waals surface area contributed by atoms with Crippen LogP contribution in [0.25, 0.3) is 10.8 Å². The summed E-state index contributed by atoms with van der Waals surface area (Å²) in [5.74, 6) is -0.490. The van der Waals surface area contributed by atoms with Gasteiger partial charge in [-0.05, 0) is 36.1 Å². The maximum absolute atomic E-state index is 12.7. The number of benzene rings is 2. The summed E-state index contributed by atoms with van der Waals surface area (Å²) in [4.78, 5) is 12.3. The number of hydrogen-bond donors (Lipinski definition) is 1. The Morgan fingerprint density at radius 3 is 2.54 bits per heavy atom. The molecule has 0 unspecified atom stereocenters. The fraction of sp³-hybridized carbons (Fsp3) is 0.421. The van der Waals surface area contributed by atoms with Crippen molar-refractivity contribution in [1.29, 1.82) is 0 Å². The molecule has 5 heteroatoms. The highest BCUT2D eigenvalue weighted by atomic mass is 32.2. The summed E-state index contributed by atoms with van der Waals surface area (Å²) in [5, 5.41) is 3.79. The third-order valence-corrected chi connectivity index (χ3v) is 6.85. The van der Waals surface area contributed by atoms with E-state index < -0.39 is 15.1 Å². The molecule has 1 N–H and O–H groups in total. The molecule has 0 bridgehead atoms. The van der Waals surface area contributed by atoms with Crippen LogP contribution in [0.15, 0.2) is 42.5 Å². The van der Waals surface area contributed by atoms with Gasteiger partial charge >= 0.3 is 0 Å². The van der Waals surface area contributed by atoms with E-state index in [0.717, 1.165) is 42.0 Å². The van der Waals surface area contributed by atoms with Crippen LogP contribution in [-0.4, -0.2) is 25.6 Å². The number of nitrogens with one attached hydrogen (secondary N) is 1. The highest BCUT2D eigenvalue weighted by molar-refractivity contribution is 7.92. The molecule has 128 valence electrons.